The van der Waals surface area contributed by atoms with Crippen LogP contribution in [-0.2, 0) is 16.4 Å². The smallest absolute Gasteiger partial charge is 0.243 e. The molecular formula is C21H28N2O2S. The largest absolute Gasteiger partial charge is 0.369 e. The van der Waals surface area contributed by atoms with E-state index >= 15 is 0 Å². The lowest BCUT2D eigenvalue weighted by Crippen LogP contribution is -2.48. The van der Waals surface area contributed by atoms with Crippen molar-refractivity contribution in [1.82, 2.24) is 4.31 Å². The highest BCUT2D eigenvalue weighted by atomic mass is 32.2. The van der Waals surface area contributed by atoms with Crippen LogP contribution in [0.15, 0.2) is 53.4 Å². The quantitative estimate of drug-likeness (QED) is 0.800. The third-order valence-electron chi connectivity index (χ3n) is 5.11. The number of rotatable bonds is 5. The van der Waals surface area contributed by atoms with Crippen LogP contribution >= 0.6 is 0 Å². The topological polar surface area (TPSA) is 40.6 Å². The molecule has 0 bridgehead atoms. The molecule has 0 N–H and O–H groups in total. The van der Waals surface area contributed by atoms with Gasteiger partial charge in [-0.1, -0.05) is 51.1 Å². The molecule has 0 unspecified atom stereocenters. The van der Waals surface area contributed by atoms with Gasteiger partial charge in [-0.05, 0) is 41.7 Å². The third-order valence-corrected chi connectivity index (χ3v) is 7.02. The minimum Gasteiger partial charge on any atom is -0.369 e. The van der Waals surface area contributed by atoms with Crippen molar-refractivity contribution in [3.63, 3.8) is 0 Å². The monoisotopic (exact) mass is 372 g/mol. The number of sulfonamides is 1. The van der Waals surface area contributed by atoms with Crippen molar-refractivity contribution in [2.75, 3.05) is 31.1 Å². The number of nitrogens with zero attached hydrogens (tertiary/aromatic N) is 2. The summed E-state index contributed by atoms with van der Waals surface area (Å²) < 4.78 is 27.4. The lowest BCUT2D eigenvalue weighted by Gasteiger charge is -2.36. The summed E-state index contributed by atoms with van der Waals surface area (Å²) >= 11 is 0. The van der Waals surface area contributed by atoms with E-state index in [1.54, 1.807) is 16.4 Å². The molecule has 0 aliphatic carbocycles. The van der Waals surface area contributed by atoms with Crippen molar-refractivity contribution in [3.05, 3.63) is 59.7 Å². The Bertz CT molecular complexity index is 837. The van der Waals surface area contributed by atoms with Crippen molar-refractivity contribution in [2.24, 2.45) is 0 Å². The van der Waals surface area contributed by atoms with Gasteiger partial charge in [-0.25, -0.2) is 8.42 Å². The van der Waals surface area contributed by atoms with Crippen LogP contribution in [-0.4, -0.2) is 38.9 Å². The lowest BCUT2D eigenvalue weighted by atomic mass is 10.00. The molecule has 140 valence electrons. The fraction of sp³-hybridized carbons (Fsp3) is 0.429. The van der Waals surface area contributed by atoms with Crippen LogP contribution in [0.2, 0.25) is 0 Å². The normalized spacial score (nSPS) is 16.2. The number of anilines is 1. The summed E-state index contributed by atoms with van der Waals surface area (Å²) in [7, 11) is -3.41. The van der Waals surface area contributed by atoms with Crippen LogP contribution in [0.5, 0.6) is 0 Å². The zero-order valence-corrected chi connectivity index (χ0v) is 16.7. The van der Waals surface area contributed by atoms with Gasteiger partial charge in [0, 0.05) is 31.9 Å². The number of hydrogen-bond acceptors (Lipinski definition) is 3. The first-order chi connectivity index (χ1) is 12.4. The summed E-state index contributed by atoms with van der Waals surface area (Å²) in [5.74, 6) is 0.449. The summed E-state index contributed by atoms with van der Waals surface area (Å²) in [6.07, 6.45) is 0.911. The Labute approximate surface area is 157 Å². The second-order valence-electron chi connectivity index (χ2n) is 7.10. The Morgan fingerprint density at radius 3 is 2.12 bits per heavy atom. The molecule has 1 aliphatic heterocycles. The molecule has 0 aromatic heterocycles. The number of hydrogen-bond donors (Lipinski definition) is 0. The number of piperazine rings is 1. The molecule has 2 aromatic rings. The average Bonchev–Trinajstić information content (AvgIpc) is 2.68. The Balaban J connectivity index is 1.74. The van der Waals surface area contributed by atoms with E-state index in [2.05, 4.69) is 49.9 Å². The maximum Gasteiger partial charge on any atom is 0.243 e. The molecule has 1 aliphatic rings. The van der Waals surface area contributed by atoms with E-state index in [0.29, 0.717) is 23.9 Å². The highest BCUT2D eigenvalue weighted by molar-refractivity contribution is 7.89. The minimum atomic E-state index is -3.41. The fourth-order valence-corrected chi connectivity index (χ4v) is 4.90. The molecule has 0 amide bonds. The molecule has 4 nitrogen and oxygen atoms in total. The van der Waals surface area contributed by atoms with Crippen LogP contribution in [0.4, 0.5) is 5.69 Å². The van der Waals surface area contributed by atoms with Crippen molar-refractivity contribution < 1.29 is 8.42 Å². The Hall–Kier alpha value is -1.85. The van der Waals surface area contributed by atoms with E-state index in [1.165, 1.54) is 11.3 Å². The van der Waals surface area contributed by atoms with Crippen LogP contribution in [0, 0.1) is 0 Å². The maximum atomic E-state index is 12.9. The van der Waals surface area contributed by atoms with Gasteiger partial charge in [-0.3, -0.25) is 0 Å². The number of aryl methyl sites for hydroxylation is 1. The van der Waals surface area contributed by atoms with Gasteiger partial charge in [0.15, 0.2) is 0 Å². The first-order valence-corrected chi connectivity index (χ1v) is 10.8. The van der Waals surface area contributed by atoms with Gasteiger partial charge in [-0.15, -0.1) is 0 Å². The molecule has 1 heterocycles. The molecule has 26 heavy (non-hydrogen) atoms. The molecule has 0 spiro atoms. The Morgan fingerprint density at radius 1 is 0.923 bits per heavy atom. The number of para-hydroxylation sites is 1. The summed E-state index contributed by atoms with van der Waals surface area (Å²) in [5, 5.41) is 0. The van der Waals surface area contributed by atoms with E-state index in [0.717, 1.165) is 25.1 Å². The molecule has 1 saturated heterocycles. The second kappa shape index (κ2) is 7.80. The lowest BCUT2D eigenvalue weighted by molar-refractivity contribution is 0.384. The van der Waals surface area contributed by atoms with E-state index in [9.17, 15) is 8.42 Å². The molecule has 3 rings (SSSR count). The summed E-state index contributed by atoms with van der Waals surface area (Å²) in [6.45, 7) is 8.93. The molecule has 5 heteroatoms. The van der Waals surface area contributed by atoms with Crippen LogP contribution in [0.1, 0.15) is 37.8 Å². The van der Waals surface area contributed by atoms with Gasteiger partial charge >= 0.3 is 0 Å². The predicted molar refractivity (Wildman–Crippen MR) is 107 cm³/mol. The molecule has 0 atom stereocenters. The standard InChI is InChI=1S/C21H28N2O2S/c1-4-18-9-11-19(12-10-18)26(24,25)23-15-13-22(14-16-23)21-8-6-5-7-20(21)17(2)3/h5-12,17H,4,13-16H2,1-3H3. The highest BCUT2D eigenvalue weighted by Crippen LogP contribution is 2.29. The molecular weight excluding hydrogens is 344 g/mol. The fourth-order valence-electron chi connectivity index (χ4n) is 3.48. The first kappa shape index (κ1) is 18.9. The van der Waals surface area contributed by atoms with Crippen molar-refractivity contribution in [2.45, 2.75) is 38.0 Å². The van der Waals surface area contributed by atoms with Gasteiger partial charge in [0.05, 0.1) is 4.90 Å². The molecule has 0 saturated carbocycles. The van der Waals surface area contributed by atoms with Crippen molar-refractivity contribution in [3.8, 4) is 0 Å². The maximum absolute atomic E-state index is 12.9. The minimum absolute atomic E-state index is 0.394. The number of benzene rings is 2. The van der Waals surface area contributed by atoms with E-state index < -0.39 is 10.0 Å². The van der Waals surface area contributed by atoms with Crippen molar-refractivity contribution in [1.29, 1.82) is 0 Å². The molecule has 2 aromatic carbocycles. The predicted octanol–water partition coefficient (Wildman–Crippen LogP) is 3.88. The first-order valence-electron chi connectivity index (χ1n) is 9.36. The van der Waals surface area contributed by atoms with Gasteiger partial charge < -0.3 is 4.90 Å². The van der Waals surface area contributed by atoms with E-state index in [4.69, 9.17) is 0 Å². The van der Waals surface area contributed by atoms with Crippen LogP contribution < -0.4 is 4.90 Å². The Kier molecular flexibility index (Phi) is 5.68. The summed E-state index contributed by atoms with van der Waals surface area (Å²) in [4.78, 5) is 2.70. The van der Waals surface area contributed by atoms with Gasteiger partial charge in [0.2, 0.25) is 10.0 Å². The second-order valence-corrected chi connectivity index (χ2v) is 9.04. The zero-order valence-electron chi connectivity index (χ0n) is 15.9. The van der Waals surface area contributed by atoms with Crippen LogP contribution in [0.3, 0.4) is 0 Å². The summed E-state index contributed by atoms with van der Waals surface area (Å²) in [5.41, 5.74) is 3.70. The van der Waals surface area contributed by atoms with Crippen molar-refractivity contribution >= 4 is 15.7 Å². The average molecular weight is 373 g/mol. The van der Waals surface area contributed by atoms with E-state index in [1.807, 2.05) is 12.1 Å². The molecule has 1 fully saturated rings. The SMILES string of the molecule is CCc1ccc(S(=O)(=O)N2CCN(c3ccccc3C(C)C)CC2)cc1. The van der Waals surface area contributed by atoms with E-state index in [-0.39, 0.29) is 0 Å². The highest BCUT2D eigenvalue weighted by Gasteiger charge is 2.29. The third kappa shape index (κ3) is 3.79. The van der Waals surface area contributed by atoms with Crippen LogP contribution in [0.25, 0.3) is 0 Å². The van der Waals surface area contributed by atoms with Gasteiger partial charge in [0.1, 0.15) is 0 Å². The zero-order chi connectivity index (χ0) is 18.7. The molecule has 0 radical (unpaired) electrons. The van der Waals surface area contributed by atoms with Gasteiger partial charge in [0.25, 0.3) is 0 Å². The van der Waals surface area contributed by atoms with Gasteiger partial charge in [-0.2, -0.15) is 4.31 Å². The Morgan fingerprint density at radius 2 is 1.54 bits per heavy atom. The summed E-state index contributed by atoms with van der Waals surface area (Å²) in [6, 6.07) is 15.7.